The molecule has 32 heavy (non-hydrogen) atoms. The van der Waals surface area contributed by atoms with Gasteiger partial charge in [0.1, 0.15) is 5.82 Å². The van der Waals surface area contributed by atoms with Crippen LogP contribution in [-0.4, -0.2) is 15.6 Å². The highest BCUT2D eigenvalue weighted by Gasteiger charge is 2.24. The van der Waals surface area contributed by atoms with Crippen molar-refractivity contribution < 1.29 is 9.18 Å². The van der Waals surface area contributed by atoms with Gasteiger partial charge in [0.2, 0.25) is 0 Å². The zero-order valence-corrected chi connectivity index (χ0v) is 18.2. The summed E-state index contributed by atoms with van der Waals surface area (Å²) in [6.45, 7) is 2.43. The molecular weight excluding hydrogens is 421 g/mol. The van der Waals surface area contributed by atoms with Crippen molar-refractivity contribution in [3.8, 4) is 0 Å². The Kier molecular flexibility index (Phi) is 5.37. The summed E-state index contributed by atoms with van der Waals surface area (Å²) in [5.74, 6) is -0.403. The number of benzene rings is 3. The van der Waals surface area contributed by atoms with Crippen molar-refractivity contribution in [3.63, 3.8) is 0 Å². The third-order valence-corrected chi connectivity index (χ3v) is 6.23. The number of aliphatic imine (C=N–C) groups is 1. The number of nitrogens with one attached hydrogen (secondary N) is 1. The molecule has 1 saturated heterocycles. The number of amidine groups is 1. The van der Waals surface area contributed by atoms with Crippen molar-refractivity contribution in [1.82, 2.24) is 9.88 Å². The Labute approximate surface area is 189 Å². The molecule has 5 rings (SSSR count). The first kappa shape index (κ1) is 20.3. The number of carbonyl (C=O) groups is 1. The van der Waals surface area contributed by atoms with Crippen LogP contribution in [0.2, 0.25) is 0 Å². The van der Waals surface area contributed by atoms with Gasteiger partial charge in [-0.15, -0.1) is 0 Å². The second-order valence-electron chi connectivity index (χ2n) is 7.64. The van der Waals surface area contributed by atoms with E-state index < -0.39 is 0 Å². The molecule has 2 heterocycles. The lowest BCUT2D eigenvalue weighted by molar-refractivity contribution is -0.115. The maximum atomic E-state index is 14.2. The van der Waals surface area contributed by atoms with E-state index in [0.717, 1.165) is 27.7 Å². The number of nitrogens with zero attached hydrogens (tertiary/aromatic N) is 2. The fraction of sp³-hybridized carbons (Fsp3) is 0.0769. The van der Waals surface area contributed by atoms with Crippen LogP contribution in [0.3, 0.4) is 0 Å². The molecule has 0 unspecified atom stereocenters. The number of hydrogen-bond acceptors (Lipinski definition) is 3. The largest absolute Gasteiger partial charge is 0.342 e. The molecule has 1 amide bonds. The van der Waals surface area contributed by atoms with Crippen molar-refractivity contribution in [1.29, 1.82) is 0 Å². The molecule has 1 aliphatic rings. The Morgan fingerprint density at radius 2 is 1.78 bits per heavy atom. The second-order valence-corrected chi connectivity index (χ2v) is 8.67. The molecule has 0 saturated carbocycles. The molecule has 3 aromatic carbocycles. The van der Waals surface area contributed by atoms with Crippen LogP contribution in [0.4, 0.5) is 10.1 Å². The highest BCUT2D eigenvalue weighted by atomic mass is 32.2. The highest BCUT2D eigenvalue weighted by molar-refractivity contribution is 8.18. The molecule has 0 aliphatic carbocycles. The number of carbonyl (C=O) groups excluding carboxylic acids is 1. The molecule has 6 heteroatoms. The maximum absolute atomic E-state index is 14.2. The van der Waals surface area contributed by atoms with Crippen molar-refractivity contribution in [2.24, 2.45) is 4.99 Å². The van der Waals surface area contributed by atoms with Gasteiger partial charge in [-0.25, -0.2) is 9.38 Å². The van der Waals surface area contributed by atoms with Gasteiger partial charge in [-0.05, 0) is 49.0 Å². The van der Waals surface area contributed by atoms with Gasteiger partial charge in [0.15, 0.2) is 5.17 Å². The van der Waals surface area contributed by atoms with Crippen molar-refractivity contribution in [3.05, 3.63) is 106 Å². The van der Waals surface area contributed by atoms with E-state index in [4.69, 9.17) is 0 Å². The van der Waals surface area contributed by atoms with Gasteiger partial charge >= 0.3 is 0 Å². The summed E-state index contributed by atoms with van der Waals surface area (Å²) >= 11 is 1.32. The lowest BCUT2D eigenvalue weighted by Gasteiger charge is -2.06. The fourth-order valence-corrected chi connectivity index (χ4v) is 4.52. The first-order valence-electron chi connectivity index (χ1n) is 10.2. The number of hydrogen-bond donors (Lipinski definition) is 1. The SMILES string of the molecule is Cc1ccc(N=C2NC(=O)/C(=C/c3cn(Cc4ccccc4F)c4ccccc34)S2)cc1. The Hall–Kier alpha value is -3.64. The van der Waals surface area contributed by atoms with E-state index in [0.29, 0.717) is 22.2 Å². The van der Waals surface area contributed by atoms with Gasteiger partial charge in [0.05, 0.1) is 17.1 Å². The predicted molar refractivity (Wildman–Crippen MR) is 129 cm³/mol. The number of aryl methyl sites for hydroxylation is 1. The molecule has 4 nitrogen and oxygen atoms in total. The topological polar surface area (TPSA) is 46.4 Å². The molecule has 4 aromatic rings. The van der Waals surface area contributed by atoms with Gasteiger partial charge < -0.3 is 9.88 Å². The summed E-state index contributed by atoms with van der Waals surface area (Å²) in [5.41, 5.74) is 4.46. The average Bonchev–Trinajstić information content (AvgIpc) is 3.31. The minimum absolute atomic E-state index is 0.174. The summed E-state index contributed by atoms with van der Waals surface area (Å²) in [6, 6.07) is 22.5. The zero-order chi connectivity index (χ0) is 22.1. The Bertz CT molecular complexity index is 1390. The van der Waals surface area contributed by atoms with Crippen LogP contribution in [0.25, 0.3) is 17.0 Å². The molecule has 1 N–H and O–H groups in total. The van der Waals surface area contributed by atoms with Crippen LogP contribution >= 0.6 is 11.8 Å². The van der Waals surface area contributed by atoms with Crippen LogP contribution < -0.4 is 5.32 Å². The highest BCUT2D eigenvalue weighted by Crippen LogP contribution is 2.31. The second kappa shape index (κ2) is 8.48. The van der Waals surface area contributed by atoms with Crippen LogP contribution in [-0.2, 0) is 11.3 Å². The molecule has 0 atom stereocenters. The molecule has 158 valence electrons. The van der Waals surface area contributed by atoms with Crippen LogP contribution in [0.15, 0.2) is 88.9 Å². The van der Waals surface area contributed by atoms with E-state index in [-0.39, 0.29) is 11.7 Å². The number of amides is 1. The molecular formula is C26H20FN3OS. The smallest absolute Gasteiger partial charge is 0.264 e. The van der Waals surface area contributed by atoms with Crippen molar-refractivity contribution in [2.45, 2.75) is 13.5 Å². The van der Waals surface area contributed by atoms with Crippen LogP contribution in [0, 0.1) is 12.7 Å². The first-order chi connectivity index (χ1) is 15.6. The number of aromatic nitrogens is 1. The van der Waals surface area contributed by atoms with E-state index in [2.05, 4.69) is 10.3 Å². The number of halogens is 1. The molecule has 1 fully saturated rings. The summed E-state index contributed by atoms with van der Waals surface area (Å²) in [6.07, 6.45) is 3.84. The lowest BCUT2D eigenvalue weighted by atomic mass is 10.1. The average molecular weight is 442 g/mol. The number of rotatable bonds is 4. The molecule has 1 aromatic heterocycles. The van der Waals surface area contributed by atoms with Gasteiger partial charge in [-0.3, -0.25) is 4.79 Å². The van der Waals surface area contributed by atoms with E-state index in [1.54, 1.807) is 12.1 Å². The lowest BCUT2D eigenvalue weighted by Crippen LogP contribution is -2.19. The van der Waals surface area contributed by atoms with E-state index in [9.17, 15) is 9.18 Å². The first-order valence-corrected chi connectivity index (χ1v) is 11.1. The fourth-order valence-electron chi connectivity index (χ4n) is 3.69. The summed E-state index contributed by atoms with van der Waals surface area (Å²) in [4.78, 5) is 17.7. The number of para-hydroxylation sites is 1. The molecule has 0 bridgehead atoms. The normalized spacial score (nSPS) is 16.2. The monoisotopic (exact) mass is 441 g/mol. The molecule has 0 spiro atoms. The molecule has 1 aliphatic heterocycles. The Morgan fingerprint density at radius 1 is 1.03 bits per heavy atom. The number of fused-ring (bicyclic) bond motifs is 1. The van der Waals surface area contributed by atoms with Crippen molar-refractivity contribution in [2.75, 3.05) is 0 Å². The van der Waals surface area contributed by atoms with E-state index in [1.807, 2.05) is 78.4 Å². The summed E-state index contributed by atoms with van der Waals surface area (Å²) in [7, 11) is 0. The van der Waals surface area contributed by atoms with Crippen LogP contribution in [0.5, 0.6) is 0 Å². The maximum Gasteiger partial charge on any atom is 0.264 e. The zero-order valence-electron chi connectivity index (χ0n) is 17.4. The van der Waals surface area contributed by atoms with Gasteiger partial charge in [0, 0.05) is 28.2 Å². The number of thioether (sulfide) groups is 1. The third kappa shape index (κ3) is 4.09. The van der Waals surface area contributed by atoms with E-state index in [1.165, 1.54) is 17.8 Å². The van der Waals surface area contributed by atoms with Gasteiger partial charge in [0.25, 0.3) is 5.91 Å². The Morgan fingerprint density at radius 3 is 2.59 bits per heavy atom. The van der Waals surface area contributed by atoms with Gasteiger partial charge in [-0.2, -0.15) is 0 Å². The van der Waals surface area contributed by atoms with Crippen molar-refractivity contribution >= 4 is 45.5 Å². The quantitative estimate of drug-likeness (QED) is 0.393. The summed E-state index contributed by atoms with van der Waals surface area (Å²) in [5, 5.41) is 4.40. The van der Waals surface area contributed by atoms with E-state index >= 15 is 0 Å². The molecule has 0 radical (unpaired) electrons. The van der Waals surface area contributed by atoms with Crippen LogP contribution in [0.1, 0.15) is 16.7 Å². The third-order valence-electron chi connectivity index (χ3n) is 5.32. The van der Waals surface area contributed by atoms with Gasteiger partial charge in [-0.1, -0.05) is 54.1 Å². The summed E-state index contributed by atoms with van der Waals surface area (Å²) < 4.78 is 16.2. The predicted octanol–water partition coefficient (Wildman–Crippen LogP) is 6.03. The Balaban J connectivity index is 1.48. The standard InChI is InChI=1S/C26H20FN3OS/c1-17-10-12-20(13-11-17)28-26-29-25(31)24(32-26)14-19-16-30(23-9-5-3-7-21(19)23)15-18-6-2-4-8-22(18)27/h2-14,16H,15H2,1H3,(H,28,29,31)/b24-14-. The minimum atomic E-state index is -0.229. The minimum Gasteiger partial charge on any atom is -0.342 e.